The Kier molecular flexibility index (Phi) is 7.63. The quantitative estimate of drug-likeness (QED) is 0.252. The minimum absolute atomic E-state index is 0.0564. The van der Waals surface area contributed by atoms with Crippen molar-refractivity contribution in [2.75, 3.05) is 11.9 Å². The van der Waals surface area contributed by atoms with Crippen molar-refractivity contribution in [1.82, 2.24) is 19.5 Å². The highest BCUT2D eigenvalue weighted by molar-refractivity contribution is 5.82. The van der Waals surface area contributed by atoms with Crippen molar-refractivity contribution in [3.8, 4) is 0 Å². The summed E-state index contributed by atoms with van der Waals surface area (Å²) in [6.45, 7) is 8.69. The molecule has 0 aliphatic heterocycles. The summed E-state index contributed by atoms with van der Waals surface area (Å²) in [6, 6.07) is 11.2. The van der Waals surface area contributed by atoms with E-state index in [1.807, 2.05) is 19.2 Å². The fourth-order valence-corrected chi connectivity index (χ4v) is 5.77. The van der Waals surface area contributed by atoms with Crippen LogP contribution in [0, 0.1) is 5.92 Å². The maximum atomic E-state index is 12.1. The molecule has 4 aromatic rings. The molecule has 1 aliphatic carbocycles. The number of carbonyl (C=O) groups excluding carboxylic acids is 1. The second-order valence-electron chi connectivity index (χ2n) is 11.6. The average Bonchev–Trinajstić information content (AvgIpc) is 3.52. The van der Waals surface area contributed by atoms with Crippen LogP contribution in [0.15, 0.2) is 49.1 Å². The number of rotatable bonds is 9. The molecule has 2 unspecified atom stereocenters. The van der Waals surface area contributed by atoms with Gasteiger partial charge in [-0.2, -0.15) is 0 Å². The lowest BCUT2D eigenvalue weighted by molar-refractivity contribution is -0.143. The summed E-state index contributed by atoms with van der Waals surface area (Å²) in [5.74, 6) is 1.41. The fourth-order valence-electron chi connectivity index (χ4n) is 5.77. The lowest BCUT2D eigenvalue weighted by Gasteiger charge is -2.21. The van der Waals surface area contributed by atoms with Gasteiger partial charge in [-0.1, -0.05) is 0 Å². The molecule has 0 spiro atoms. The number of hydrogen-bond donors (Lipinski definition) is 1. The first-order valence-corrected chi connectivity index (χ1v) is 13.9. The number of anilines is 1. The molecule has 1 saturated carbocycles. The summed E-state index contributed by atoms with van der Waals surface area (Å²) >= 11 is 0. The van der Waals surface area contributed by atoms with Crippen LogP contribution in [-0.4, -0.2) is 37.6 Å². The zero-order valence-corrected chi connectivity index (χ0v) is 23.0. The standard InChI is InChI=1S/C31H39N5O2/c1-5-38-29(37)13-10-22-17-24-9-12-28(35-31(2,3)4)34-27(24)18-23(22)8-6-21-7-11-26(16-21)36-15-14-25-19-32-20-33-30(25)36/h9,12,14-15,17-21,26H,5-8,10-11,13,16H2,1-4H3,(H,34,35). The monoisotopic (exact) mass is 513 g/mol. The van der Waals surface area contributed by atoms with E-state index in [4.69, 9.17) is 9.72 Å². The molecule has 38 heavy (non-hydrogen) atoms. The number of esters is 1. The smallest absolute Gasteiger partial charge is 0.306 e. The number of ether oxygens (including phenoxy) is 1. The van der Waals surface area contributed by atoms with E-state index in [1.165, 1.54) is 24.0 Å². The molecule has 1 fully saturated rings. The molecule has 7 nitrogen and oxygen atoms in total. The van der Waals surface area contributed by atoms with E-state index >= 15 is 0 Å². The summed E-state index contributed by atoms with van der Waals surface area (Å²) in [5.41, 5.74) is 4.50. The lowest BCUT2D eigenvalue weighted by Crippen LogP contribution is -2.26. The Morgan fingerprint density at radius 1 is 1.11 bits per heavy atom. The van der Waals surface area contributed by atoms with Gasteiger partial charge in [0.2, 0.25) is 0 Å². The Morgan fingerprint density at radius 2 is 1.95 bits per heavy atom. The van der Waals surface area contributed by atoms with Crippen LogP contribution in [0.25, 0.3) is 21.9 Å². The molecule has 3 heterocycles. The summed E-state index contributed by atoms with van der Waals surface area (Å²) < 4.78 is 7.54. The van der Waals surface area contributed by atoms with Crippen molar-refractivity contribution in [3.63, 3.8) is 0 Å². The van der Waals surface area contributed by atoms with Gasteiger partial charge < -0.3 is 14.6 Å². The highest BCUT2D eigenvalue weighted by Gasteiger charge is 2.27. The van der Waals surface area contributed by atoms with Crippen LogP contribution < -0.4 is 5.32 Å². The normalized spacial score (nSPS) is 17.8. The number of aromatic nitrogens is 4. The molecule has 0 radical (unpaired) electrons. The molecule has 7 heteroatoms. The van der Waals surface area contributed by atoms with Gasteiger partial charge in [-0.25, -0.2) is 15.0 Å². The largest absolute Gasteiger partial charge is 0.466 e. The van der Waals surface area contributed by atoms with Crippen molar-refractivity contribution in [3.05, 3.63) is 60.2 Å². The predicted octanol–water partition coefficient (Wildman–Crippen LogP) is 6.66. The first-order valence-electron chi connectivity index (χ1n) is 13.9. The topological polar surface area (TPSA) is 81.9 Å². The Labute approximate surface area is 225 Å². The van der Waals surface area contributed by atoms with Gasteiger partial charge in [0.25, 0.3) is 0 Å². The third kappa shape index (κ3) is 6.14. The van der Waals surface area contributed by atoms with Gasteiger partial charge in [0.15, 0.2) is 0 Å². The van der Waals surface area contributed by atoms with Gasteiger partial charge in [0.05, 0.1) is 12.1 Å². The highest BCUT2D eigenvalue weighted by atomic mass is 16.5. The lowest BCUT2D eigenvalue weighted by atomic mass is 9.92. The summed E-state index contributed by atoms with van der Waals surface area (Å²) in [6.07, 6.45) is 12.5. The third-order valence-corrected chi connectivity index (χ3v) is 7.52. The molecule has 1 aromatic carbocycles. The van der Waals surface area contributed by atoms with E-state index in [9.17, 15) is 4.79 Å². The van der Waals surface area contributed by atoms with Gasteiger partial charge in [0, 0.05) is 41.2 Å². The van der Waals surface area contributed by atoms with Gasteiger partial charge in [0.1, 0.15) is 17.8 Å². The van der Waals surface area contributed by atoms with Crippen LogP contribution in [0.1, 0.15) is 77.0 Å². The predicted molar refractivity (Wildman–Crippen MR) is 152 cm³/mol. The molecule has 1 N–H and O–H groups in total. The molecular weight excluding hydrogens is 474 g/mol. The Hall–Kier alpha value is -3.48. The molecule has 0 saturated heterocycles. The number of pyridine rings is 1. The Bertz CT molecular complexity index is 1420. The zero-order chi connectivity index (χ0) is 26.7. The van der Waals surface area contributed by atoms with E-state index in [0.717, 1.165) is 47.0 Å². The maximum Gasteiger partial charge on any atom is 0.306 e. The van der Waals surface area contributed by atoms with E-state index in [1.54, 1.807) is 6.33 Å². The molecular formula is C31H39N5O2. The zero-order valence-electron chi connectivity index (χ0n) is 23.0. The van der Waals surface area contributed by atoms with E-state index < -0.39 is 0 Å². The van der Waals surface area contributed by atoms with E-state index in [2.05, 4.69) is 71.1 Å². The highest BCUT2D eigenvalue weighted by Crippen LogP contribution is 2.39. The number of hydrogen-bond acceptors (Lipinski definition) is 6. The van der Waals surface area contributed by atoms with Crippen molar-refractivity contribution < 1.29 is 9.53 Å². The van der Waals surface area contributed by atoms with E-state index in [0.29, 0.717) is 31.4 Å². The third-order valence-electron chi connectivity index (χ3n) is 7.52. The van der Waals surface area contributed by atoms with Crippen LogP contribution in [0.5, 0.6) is 0 Å². The molecule has 200 valence electrons. The Balaban J connectivity index is 1.33. The summed E-state index contributed by atoms with van der Waals surface area (Å²) in [4.78, 5) is 25.7. The summed E-state index contributed by atoms with van der Waals surface area (Å²) in [5, 5.41) is 5.69. The van der Waals surface area contributed by atoms with Gasteiger partial charge in [-0.3, -0.25) is 4.79 Å². The van der Waals surface area contributed by atoms with E-state index in [-0.39, 0.29) is 11.5 Å². The van der Waals surface area contributed by atoms with Crippen LogP contribution >= 0.6 is 0 Å². The maximum absolute atomic E-state index is 12.1. The molecule has 5 rings (SSSR count). The van der Waals surface area contributed by atoms with Gasteiger partial charge >= 0.3 is 5.97 Å². The summed E-state index contributed by atoms with van der Waals surface area (Å²) in [7, 11) is 0. The fraction of sp³-hybridized carbons (Fsp3) is 0.484. The van der Waals surface area contributed by atoms with Crippen LogP contribution in [0.3, 0.4) is 0 Å². The minimum atomic E-state index is -0.136. The second-order valence-corrected chi connectivity index (χ2v) is 11.6. The number of aryl methyl sites for hydroxylation is 2. The average molecular weight is 514 g/mol. The Morgan fingerprint density at radius 3 is 2.76 bits per heavy atom. The number of carbonyl (C=O) groups is 1. The van der Waals surface area contributed by atoms with Crippen LogP contribution in [-0.2, 0) is 22.4 Å². The van der Waals surface area contributed by atoms with Crippen molar-refractivity contribution in [1.29, 1.82) is 0 Å². The van der Waals surface area contributed by atoms with Gasteiger partial charge in [-0.15, -0.1) is 0 Å². The molecule has 3 aromatic heterocycles. The SMILES string of the molecule is CCOC(=O)CCc1cc2ccc(NC(C)(C)C)nc2cc1CCC1CCC(n2ccc3cncnc32)C1. The molecule has 0 amide bonds. The number of fused-ring (bicyclic) bond motifs is 2. The first kappa shape index (κ1) is 26.1. The van der Waals surface area contributed by atoms with Crippen LogP contribution in [0.2, 0.25) is 0 Å². The minimum Gasteiger partial charge on any atom is -0.466 e. The van der Waals surface area contributed by atoms with Crippen molar-refractivity contribution in [2.45, 2.75) is 84.2 Å². The molecule has 2 atom stereocenters. The number of benzene rings is 1. The molecule has 1 aliphatic rings. The van der Waals surface area contributed by atoms with Crippen molar-refractivity contribution >= 4 is 33.7 Å². The number of nitrogens with one attached hydrogen (secondary N) is 1. The number of nitrogens with zero attached hydrogens (tertiary/aromatic N) is 4. The van der Waals surface area contributed by atoms with Gasteiger partial charge in [-0.05, 0) is 114 Å². The molecule has 0 bridgehead atoms. The van der Waals surface area contributed by atoms with Crippen molar-refractivity contribution in [2.24, 2.45) is 5.92 Å². The van der Waals surface area contributed by atoms with Crippen LogP contribution in [0.4, 0.5) is 5.82 Å². The first-order chi connectivity index (χ1) is 18.3. The second kappa shape index (κ2) is 11.1.